The number of nitrogens with one attached hydrogen (secondary N) is 1. The molecule has 118 valence electrons. The number of hydrogen-bond donors (Lipinski definition) is 1. The van der Waals surface area contributed by atoms with Crippen LogP contribution in [0.5, 0.6) is 0 Å². The fraction of sp³-hybridized carbons (Fsp3) is 0.176. The number of nitrogens with zero attached hydrogens (tertiary/aromatic N) is 1. The molecule has 0 saturated carbocycles. The van der Waals surface area contributed by atoms with E-state index in [1.165, 1.54) is 6.07 Å². The third kappa shape index (κ3) is 2.87. The third-order valence-corrected chi connectivity index (χ3v) is 3.89. The Morgan fingerprint density at radius 3 is 2.74 bits per heavy atom. The molecule has 3 aromatic rings. The molecule has 1 N–H and O–H groups in total. The van der Waals surface area contributed by atoms with Gasteiger partial charge in [-0.1, -0.05) is 29.8 Å². The second kappa shape index (κ2) is 5.93. The van der Waals surface area contributed by atoms with E-state index >= 15 is 0 Å². The number of fused-ring (bicyclic) bond motifs is 1. The summed E-state index contributed by atoms with van der Waals surface area (Å²) in [6.45, 7) is 1.51. The number of rotatable bonds is 4. The van der Waals surface area contributed by atoms with Crippen molar-refractivity contribution in [3.63, 3.8) is 0 Å². The molecule has 0 bridgehead atoms. The van der Waals surface area contributed by atoms with Crippen LogP contribution in [-0.4, -0.2) is 27.9 Å². The number of ether oxygens (including phenoxy) is 1. The summed E-state index contributed by atoms with van der Waals surface area (Å²) in [6.07, 6.45) is 1.60. The highest BCUT2D eigenvalue weighted by molar-refractivity contribution is 6.31. The quantitative estimate of drug-likeness (QED) is 0.588. The smallest absolute Gasteiger partial charge is 0.355 e. The second-order valence-electron chi connectivity index (χ2n) is 5.32. The van der Waals surface area contributed by atoms with Gasteiger partial charge in [-0.3, -0.25) is 4.79 Å². The highest BCUT2D eigenvalue weighted by Gasteiger charge is 2.19. The van der Waals surface area contributed by atoms with Crippen molar-refractivity contribution in [1.82, 2.24) is 9.55 Å². The highest BCUT2D eigenvalue weighted by atomic mass is 35.5. The molecule has 0 aliphatic heterocycles. The van der Waals surface area contributed by atoms with Crippen LogP contribution in [-0.2, 0) is 11.8 Å². The van der Waals surface area contributed by atoms with Crippen LogP contribution in [0.3, 0.4) is 0 Å². The first-order valence-electron chi connectivity index (χ1n) is 7.07. The van der Waals surface area contributed by atoms with Gasteiger partial charge < -0.3 is 14.3 Å². The molecule has 23 heavy (non-hydrogen) atoms. The zero-order valence-corrected chi connectivity index (χ0v) is 13.5. The Labute approximate surface area is 137 Å². The average molecular weight is 331 g/mol. The van der Waals surface area contributed by atoms with Crippen molar-refractivity contribution in [1.29, 1.82) is 0 Å². The first-order valence-corrected chi connectivity index (χ1v) is 7.44. The van der Waals surface area contributed by atoms with E-state index < -0.39 is 5.97 Å². The Morgan fingerprint density at radius 2 is 2.04 bits per heavy atom. The molecule has 0 radical (unpaired) electrons. The summed E-state index contributed by atoms with van der Waals surface area (Å²) < 4.78 is 6.69. The van der Waals surface area contributed by atoms with Crippen molar-refractivity contribution in [3.8, 4) is 0 Å². The SMILES string of the molecule is Cc1[nH]c2ccccc2c1C(=O)COC(=O)c1cc(Cl)cn1C. The summed E-state index contributed by atoms with van der Waals surface area (Å²) in [7, 11) is 1.69. The first-order chi connectivity index (χ1) is 11.0. The number of carbonyl (C=O) groups excluding carboxylic acids is 2. The van der Waals surface area contributed by atoms with Crippen molar-refractivity contribution < 1.29 is 14.3 Å². The van der Waals surface area contributed by atoms with Crippen LogP contribution in [0.25, 0.3) is 10.9 Å². The van der Waals surface area contributed by atoms with Gasteiger partial charge in [-0.05, 0) is 19.1 Å². The van der Waals surface area contributed by atoms with Crippen LogP contribution in [0.15, 0.2) is 36.5 Å². The van der Waals surface area contributed by atoms with Gasteiger partial charge >= 0.3 is 5.97 Å². The maximum atomic E-state index is 12.4. The number of benzene rings is 1. The van der Waals surface area contributed by atoms with Crippen LogP contribution >= 0.6 is 11.6 Å². The monoisotopic (exact) mass is 330 g/mol. The molecule has 0 spiro atoms. The van der Waals surface area contributed by atoms with E-state index in [2.05, 4.69) is 4.98 Å². The van der Waals surface area contributed by atoms with Crippen LogP contribution in [0.1, 0.15) is 26.5 Å². The molecule has 3 rings (SSSR count). The summed E-state index contributed by atoms with van der Waals surface area (Å²) in [5.74, 6) is -0.821. The zero-order chi connectivity index (χ0) is 16.6. The fourth-order valence-corrected chi connectivity index (χ4v) is 2.89. The lowest BCUT2D eigenvalue weighted by molar-refractivity contribution is 0.0465. The van der Waals surface area contributed by atoms with Gasteiger partial charge in [0, 0.05) is 35.4 Å². The normalized spacial score (nSPS) is 10.9. The lowest BCUT2D eigenvalue weighted by Gasteiger charge is -2.05. The largest absolute Gasteiger partial charge is 0.453 e. The molecule has 2 heterocycles. The number of halogens is 1. The van der Waals surface area contributed by atoms with Crippen LogP contribution in [0, 0.1) is 6.92 Å². The van der Waals surface area contributed by atoms with E-state index in [0.717, 1.165) is 16.6 Å². The predicted molar refractivity (Wildman–Crippen MR) is 88.1 cm³/mol. The topological polar surface area (TPSA) is 64.1 Å². The molecule has 0 unspecified atom stereocenters. The van der Waals surface area contributed by atoms with Crippen LogP contribution in [0.2, 0.25) is 5.02 Å². The summed E-state index contributed by atoms with van der Waals surface area (Å²) in [5, 5.41) is 1.27. The summed E-state index contributed by atoms with van der Waals surface area (Å²) in [6, 6.07) is 9.03. The van der Waals surface area contributed by atoms with E-state index in [9.17, 15) is 9.59 Å². The minimum atomic E-state index is -0.578. The Hall–Kier alpha value is -2.53. The minimum absolute atomic E-state index is 0.242. The summed E-state index contributed by atoms with van der Waals surface area (Å²) >= 11 is 5.84. The summed E-state index contributed by atoms with van der Waals surface area (Å²) in [5.41, 5.74) is 2.50. The number of hydrogen-bond acceptors (Lipinski definition) is 3. The van der Waals surface area contributed by atoms with Crippen molar-refractivity contribution in [2.24, 2.45) is 7.05 Å². The molecule has 2 aromatic heterocycles. The number of aromatic amines is 1. The molecule has 0 aliphatic carbocycles. The average Bonchev–Trinajstić information content (AvgIpc) is 3.02. The van der Waals surface area contributed by atoms with Crippen molar-refractivity contribution in [3.05, 3.63) is 58.5 Å². The fourth-order valence-electron chi connectivity index (χ4n) is 2.64. The number of ketones is 1. The number of Topliss-reactive ketones (excluding diaryl/α,β-unsaturated/α-hetero) is 1. The lowest BCUT2D eigenvalue weighted by atomic mass is 10.1. The molecule has 0 atom stereocenters. The molecule has 0 saturated heterocycles. The lowest BCUT2D eigenvalue weighted by Crippen LogP contribution is -2.16. The van der Waals surface area contributed by atoms with Gasteiger partial charge in [-0.15, -0.1) is 0 Å². The molecule has 0 amide bonds. The number of esters is 1. The molecule has 0 aliphatic rings. The zero-order valence-electron chi connectivity index (χ0n) is 12.7. The van der Waals surface area contributed by atoms with E-state index in [0.29, 0.717) is 16.3 Å². The maximum absolute atomic E-state index is 12.4. The third-order valence-electron chi connectivity index (χ3n) is 3.69. The van der Waals surface area contributed by atoms with Gasteiger partial charge in [0.25, 0.3) is 0 Å². The Bertz CT molecular complexity index is 908. The van der Waals surface area contributed by atoms with Gasteiger partial charge in [0.2, 0.25) is 5.78 Å². The predicted octanol–water partition coefficient (Wildman–Crippen LogP) is 3.51. The van der Waals surface area contributed by atoms with Gasteiger partial charge in [0.15, 0.2) is 6.61 Å². The van der Waals surface area contributed by atoms with Gasteiger partial charge in [-0.25, -0.2) is 4.79 Å². The number of aryl methyl sites for hydroxylation is 2. The van der Waals surface area contributed by atoms with Crippen molar-refractivity contribution in [2.45, 2.75) is 6.92 Å². The summed E-state index contributed by atoms with van der Waals surface area (Å²) in [4.78, 5) is 27.6. The van der Waals surface area contributed by atoms with Gasteiger partial charge in [-0.2, -0.15) is 0 Å². The molecule has 1 aromatic carbocycles. The molecule has 6 heteroatoms. The van der Waals surface area contributed by atoms with E-state index in [4.69, 9.17) is 16.3 Å². The highest BCUT2D eigenvalue weighted by Crippen LogP contribution is 2.22. The number of H-pyrrole nitrogens is 1. The number of carbonyl (C=O) groups is 2. The molecular formula is C17H15ClN2O3. The van der Waals surface area contributed by atoms with E-state index in [1.54, 1.807) is 17.8 Å². The van der Waals surface area contributed by atoms with Crippen molar-refractivity contribution >= 4 is 34.3 Å². The van der Waals surface area contributed by atoms with Crippen LogP contribution < -0.4 is 0 Å². The maximum Gasteiger partial charge on any atom is 0.355 e. The Morgan fingerprint density at radius 1 is 1.30 bits per heavy atom. The molecule has 5 nitrogen and oxygen atoms in total. The van der Waals surface area contributed by atoms with E-state index in [1.807, 2.05) is 31.2 Å². The van der Waals surface area contributed by atoms with E-state index in [-0.39, 0.29) is 12.4 Å². The Balaban J connectivity index is 1.78. The van der Waals surface area contributed by atoms with Gasteiger partial charge in [0.1, 0.15) is 5.69 Å². The number of para-hydroxylation sites is 1. The second-order valence-corrected chi connectivity index (χ2v) is 5.76. The molecular weight excluding hydrogens is 316 g/mol. The van der Waals surface area contributed by atoms with Gasteiger partial charge in [0.05, 0.1) is 5.02 Å². The minimum Gasteiger partial charge on any atom is -0.453 e. The standard InChI is InChI=1S/C17H15ClN2O3/c1-10-16(12-5-3-4-6-13(12)19-10)15(21)9-23-17(22)14-7-11(18)8-20(14)2/h3-8,19H,9H2,1-2H3. The van der Waals surface area contributed by atoms with Crippen molar-refractivity contribution in [2.75, 3.05) is 6.61 Å². The Kier molecular flexibility index (Phi) is 3.96. The first kappa shape index (κ1) is 15.4. The van der Waals surface area contributed by atoms with Crippen LogP contribution in [0.4, 0.5) is 0 Å². The number of aromatic nitrogens is 2. The molecule has 0 fully saturated rings.